The molecule has 2 aromatic rings. The van der Waals surface area contributed by atoms with Crippen LogP contribution in [0.4, 0.5) is 5.69 Å². The van der Waals surface area contributed by atoms with Crippen molar-refractivity contribution in [2.24, 2.45) is 5.16 Å². The minimum atomic E-state index is -0.457. The molecule has 0 saturated carbocycles. The second kappa shape index (κ2) is 8.53. The van der Waals surface area contributed by atoms with Crippen LogP contribution in [0.3, 0.4) is 0 Å². The Morgan fingerprint density at radius 1 is 1.04 bits per heavy atom. The lowest BCUT2D eigenvalue weighted by Gasteiger charge is -2.11. The summed E-state index contributed by atoms with van der Waals surface area (Å²) in [7, 11) is 4.60. The zero-order valence-electron chi connectivity index (χ0n) is 14.1. The Hall–Kier alpha value is -3.29. The minimum absolute atomic E-state index is 0.00615. The van der Waals surface area contributed by atoms with Gasteiger partial charge in [0.1, 0.15) is 12.4 Å². The molecule has 0 aliphatic carbocycles. The molecular weight excluding hydrogens is 328 g/mol. The lowest BCUT2D eigenvalue weighted by atomic mass is 10.2. The third-order valence-corrected chi connectivity index (χ3v) is 3.35. The molecule has 0 spiro atoms. The Labute approximate surface area is 144 Å². The molecule has 0 N–H and O–H groups in total. The van der Waals surface area contributed by atoms with Gasteiger partial charge < -0.3 is 19.0 Å². The number of nitro benzene ring substituents is 1. The first-order valence-electron chi connectivity index (χ1n) is 7.27. The van der Waals surface area contributed by atoms with E-state index in [4.69, 9.17) is 19.0 Å². The second-order valence-electron chi connectivity index (χ2n) is 4.88. The van der Waals surface area contributed by atoms with Gasteiger partial charge in [-0.3, -0.25) is 10.1 Å². The fraction of sp³-hybridized carbons (Fsp3) is 0.235. The van der Waals surface area contributed by atoms with Gasteiger partial charge in [-0.1, -0.05) is 17.3 Å². The summed E-state index contributed by atoms with van der Waals surface area (Å²) in [5.41, 5.74) is 1.29. The highest BCUT2D eigenvalue weighted by Gasteiger charge is 2.10. The molecule has 0 saturated heterocycles. The van der Waals surface area contributed by atoms with E-state index in [9.17, 15) is 10.1 Å². The fourth-order valence-corrected chi connectivity index (χ4v) is 2.12. The van der Waals surface area contributed by atoms with E-state index >= 15 is 0 Å². The molecular formula is C17H18N2O6. The Morgan fingerprint density at radius 2 is 1.72 bits per heavy atom. The molecule has 0 heterocycles. The van der Waals surface area contributed by atoms with Crippen molar-refractivity contribution in [2.75, 3.05) is 21.3 Å². The van der Waals surface area contributed by atoms with Crippen molar-refractivity contribution in [1.29, 1.82) is 0 Å². The van der Waals surface area contributed by atoms with E-state index in [2.05, 4.69) is 5.16 Å². The number of ether oxygens (including phenoxy) is 3. The molecule has 8 heteroatoms. The predicted molar refractivity (Wildman–Crippen MR) is 91.6 cm³/mol. The van der Waals surface area contributed by atoms with Gasteiger partial charge in [0, 0.05) is 23.8 Å². The standard InChI is InChI=1S/C17H18N2O6/c1-22-15-9-17(24-3)16(23-2)8-13(15)10-18-25-11-12-5-4-6-14(7-12)19(20)21/h4-10H,11H2,1-3H3/b18-10-. The SMILES string of the molecule is COc1cc(OC)c(OC)cc1/C=N\OCc1cccc([N+](=O)[O-])c1. The van der Waals surface area contributed by atoms with Crippen molar-refractivity contribution in [2.45, 2.75) is 6.61 Å². The first-order valence-corrected chi connectivity index (χ1v) is 7.27. The summed E-state index contributed by atoms with van der Waals surface area (Å²) in [6.07, 6.45) is 1.47. The maximum Gasteiger partial charge on any atom is 0.269 e. The van der Waals surface area contributed by atoms with Crippen LogP contribution in [-0.4, -0.2) is 32.5 Å². The highest BCUT2D eigenvalue weighted by molar-refractivity contribution is 5.84. The molecule has 132 valence electrons. The van der Waals surface area contributed by atoms with Gasteiger partial charge in [0.25, 0.3) is 5.69 Å². The lowest BCUT2D eigenvalue weighted by Crippen LogP contribution is -1.97. The number of nitrogens with zero attached hydrogens (tertiary/aromatic N) is 2. The van der Waals surface area contributed by atoms with Gasteiger partial charge in [-0.2, -0.15) is 0 Å². The Kier molecular flexibility index (Phi) is 6.16. The van der Waals surface area contributed by atoms with Crippen LogP contribution in [0.15, 0.2) is 41.6 Å². The molecule has 0 aliphatic rings. The maximum atomic E-state index is 10.8. The summed E-state index contributed by atoms with van der Waals surface area (Å²) in [5, 5.41) is 14.6. The molecule has 2 rings (SSSR count). The summed E-state index contributed by atoms with van der Waals surface area (Å²) in [5.74, 6) is 1.61. The van der Waals surface area contributed by atoms with Crippen molar-refractivity contribution in [3.8, 4) is 17.2 Å². The maximum absolute atomic E-state index is 10.8. The molecule has 0 unspecified atom stereocenters. The lowest BCUT2D eigenvalue weighted by molar-refractivity contribution is -0.384. The van der Waals surface area contributed by atoms with Crippen molar-refractivity contribution in [3.63, 3.8) is 0 Å². The van der Waals surface area contributed by atoms with Gasteiger partial charge in [-0.05, 0) is 11.6 Å². The van der Waals surface area contributed by atoms with Gasteiger partial charge in [0.15, 0.2) is 11.5 Å². The van der Waals surface area contributed by atoms with Crippen LogP contribution >= 0.6 is 0 Å². The van der Waals surface area contributed by atoms with Crippen molar-refractivity contribution < 1.29 is 24.0 Å². The Morgan fingerprint density at radius 3 is 2.36 bits per heavy atom. The quantitative estimate of drug-likeness (QED) is 0.414. The summed E-state index contributed by atoms with van der Waals surface area (Å²) < 4.78 is 15.7. The molecule has 0 atom stereocenters. The van der Waals surface area contributed by atoms with Gasteiger partial charge in [0.05, 0.1) is 32.5 Å². The smallest absolute Gasteiger partial charge is 0.269 e. The number of methoxy groups -OCH3 is 3. The van der Waals surface area contributed by atoms with Gasteiger partial charge in [-0.15, -0.1) is 0 Å². The number of non-ortho nitro benzene ring substituents is 1. The number of hydrogen-bond acceptors (Lipinski definition) is 7. The average Bonchev–Trinajstić information content (AvgIpc) is 2.64. The topological polar surface area (TPSA) is 92.4 Å². The first-order chi connectivity index (χ1) is 12.1. The number of oxime groups is 1. The molecule has 0 fully saturated rings. The zero-order valence-corrected chi connectivity index (χ0v) is 14.1. The monoisotopic (exact) mass is 346 g/mol. The molecule has 0 aliphatic heterocycles. The molecule has 8 nitrogen and oxygen atoms in total. The predicted octanol–water partition coefficient (Wildman–Crippen LogP) is 3.17. The molecule has 25 heavy (non-hydrogen) atoms. The summed E-state index contributed by atoms with van der Waals surface area (Å²) in [4.78, 5) is 15.5. The second-order valence-corrected chi connectivity index (χ2v) is 4.88. The first kappa shape index (κ1) is 18.1. The van der Waals surface area contributed by atoms with Crippen LogP contribution in [-0.2, 0) is 11.4 Å². The van der Waals surface area contributed by atoms with Crippen LogP contribution < -0.4 is 14.2 Å². The minimum Gasteiger partial charge on any atom is -0.496 e. The van der Waals surface area contributed by atoms with Crippen molar-refractivity contribution >= 4 is 11.9 Å². The largest absolute Gasteiger partial charge is 0.496 e. The van der Waals surface area contributed by atoms with Crippen LogP contribution in [0, 0.1) is 10.1 Å². The molecule has 0 aromatic heterocycles. The third-order valence-electron chi connectivity index (χ3n) is 3.35. The van der Waals surface area contributed by atoms with E-state index in [-0.39, 0.29) is 12.3 Å². The van der Waals surface area contributed by atoms with Gasteiger partial charge in [0.2, 0.25) is 0 Å². The number of hydrogen-bond donors (Lipinski definition) is 0. The Balaban J connectivity index is 2.09. The van der Waals surface area contributed by atoms with E-state index in [1.54, 1.807) is 24.3 Å². The van der Waals surface area contributed by atoms with Gasteiger partial charge >= 0.3 is 0 Å². The third kappa shape index (κ3) is 4.60. The molecule has 0 bridgehead atoms. The van der Waals surface area contributed by atoms with E-state index in [1.165, 1.54) is 39.7 Å². The highest BCUT2D eigenvalue weighted by Crippen LogP contribution is 2.33. The van der Waals surface area contributed by atoms with Crippen LogP contribution in [0.1, 0.15) is 11.1 Å². The summed E-state index contributed by atoms with van der Waals surface area (Å²) in [6.45, 7) is 0.105. The normalized spacial score (nSPS) is 10.5. The Bertz CT molecular complexity index is 776. The van der Waals surface area contributed by atoms with E-state index in [0.29, 0.717) is 28.4 Å². The van der Waals surface area contributed by atoms with Crippen LogP contribution in [0.5, 0.6) is 17.2 Å². The van der Waals surface area contributed by atoms with Crippen molar-refractivity contribution in [3.05, 3.63) is 57.6 Å². The van der Waals surface area contributed by atoms with Gasteiger partial charge in [-0.25, -0.2) is 0 Å². The van der Waals surface area contributed by atoms with E-state index in [0.717, 1.165) is 0 Å². The molecule has 2 aromatic carbocycles. The summed E-state index contributed by atoms with van der Waals surface area (Å²) >= 11 is 0. The van der Waals surface area contributed by atoms with Crippen molar-refractivity contribution in [1.82, 2.24) is 0 Å². The number of rotatable bonds is 8. The van der Waals surface area contributed by atoms with Crippen LogP contribution in [0.25, 0.3) is 0 Å². The van der Waals surface area contributed by atoms with E-state index < -0.39 is 4.92 Å². The van der Waals surface area contributed by atoms with Crippen LogP contribution in [0.2, 0.25) is 0 Å². The molecule has 0 radical (unpaired) electrons. The summed E-state index contributed by atoms with van der Waals surface area (Å²) in [6, 6.07) is 9.56. The highest BCUT2D eigenvalue weighted by atomic mass is 16.6. The number of benzene rings is 2. The van der Waals surface area contributed by atoms with E-state index in [1.807, 2.05) is 0 Å². The fourth-order valence-electron chi connectivity index (χ4n) is 2.12. The average molecular weight is 346 g/mol. The number of nitro groups is 1. The zero-order chi connectivity index (χ0) is 18.2. The molecule has 0 amide bonds.